The summed E-state index contributed by atoms with van der Waals surface area (Å²) in [5, 5.41) is 3.42. The van der Waals surface area contributed by atoms with Crippen LogP contribution in [-0.4, -0.2) is 16.3 Å². The maximum atomic E-state index is 13.5. The molecule has 1 N–H and O–H groups in total. The van der Waals surface area contributed by atoms with Gasteiger partial charge in [0.2, 0.25) is 0 Å². The first kappa shape index (κ1) is 21.5. The Balaban J connectivity index is 1.90. The van der Waals surface area contributed by atoms with Crippen LogP contribution in [0, 0.1) is 5.82 Å². The van der Waals surface area contributed by atoms with Crippen molar-refractivity contribution in [1.82, 2.24) is 9.88 Å². The van der Waals surface area contributed by atoms with Gasteiger partial charge in [0.25, 0.3) is 5.91 Å². The summed E-state index contributed by atoms with van der Waals surface area (Å²) >= 11 is 6.20. The Kier molecular flexibility index (Phi) is 5.88. The van der Waals surface area contributed by atoms with Crippen molar-refractivity contribution in [2.75, 3.05) is 0 Å². The molecule has 1 aromatic heterocycles. The van der Waals surface area contributed by atoms with E-state index in [0.29, 0.717) is 21.6 Å². The highest BCUT2D eigenvalue weighted by Gasteiger charge is 2.22. The third-order valence-electron chi connectivity index (χ3n) is 5.09. The number of aromatic nitrogens is 1. The average molecular weight is 449 g/mol. The quantitative estimate of drug-likeness (QED) is 0.441. The highest BCUT2D eigenvalue weighted by atomic mass is 35.5. The van der Waals surface area contributed by atoms with E-state index in [9.17, 15) is 18.8 Å². The number of nitrogens with zero attached hydrogens (tertiary/aromatic N) is 1. The maximum absolute atomic E-state index is 13.5. The monoisotopic (exact) mass is 448 g/mol. The number of nitrogens with one attached hydrogen (secondary N) is 1. The van der Waals surface area contributed by atoms with Crippen molar-refractivity contribution >= 4 is 34.2 Å². The molecule has 32 heavy (non-hydrogen) atoms. The number of pyridine rings is 1. The van der Waals surface area contributed by atoms with Crippen LogP contribution in [-0.2, 0) is 6.54 Å². The van der Waals surface area contributed by atoms with Gasteiger partial charge in [0, 0.05) is 40.7 Å². The standard InChI is InChI=1S/C25H18ClFN2O3/c1-15(30)23-21(14-28-25(32)16-6-5-7-18(27)12-16)24(31)20-11-10-17(26)13-22(20)29(23)19-8-3-2-4-9-19/h2-13H,14H2,1H3,(H,28,32). The lowest BCUT2D eigenvalue weighted by molar-refractivity contribution is 0.0946. The number of halogens is 2. The number of ketones is 1. The van der Waals surface area contributed by atoms with Gasteiger partial charge in [0.1, 0.15) is 5.82 Å². The minimum absolute atomic E-state index is 0.116. The predicted octanol–water partition coefficient (Wildman–Crippen LogP) is 4.92. The molecule has 0 aliphatic carbocycles. The van der Waals surface area contributed by atoms with Crippen LogP contribution in [0.15, 0.2) is 77.6 Å². The van der Waals surface area contributed by atoms with Gasteiger partial charge in [-0.3, -0.25) is 14.4 Å². The number of hydrogen-bond donors (Lipinski definition) is 1. The molecule has 0 saturated carbocycles. The van der Waals surface area contributed by atoms with Crippen LogP contribution in [0.1, 0.15) is 33.3 Å². The predicted molar refractivity (Wildman–Crippen MR) is 122 cm³/mol. The minimum Gasteiger partial charge on any atom is -0.348 e. The van der Waals surface area contributed by atoms with E-state index >= 15 is 0 Å². The van der Waals surface area contributed by atoms with Crippen molar-refractivity contribution in [1.29, 1.82) is 0 Å². The highest BCUT2D eigenvalue weighted by molar-refractivity contribution is 6.31. The van der Waals surface area contributed by atoms with Crippen molar-refractivity contribution in [2.45, 2.75) is 13.5 Å². The van der Waals surface area contributed by atoms with Crippen LogP contribution in [0.4, 0.5) is 4.39 Å². The van der Waals surface area contributed by atoms with Crippen molar-refractivity contribution in [2.24, 2.45) is 0 Å². The summed E-state index contributed by atoms with van der Waals surface area (Å²) in [6, 6.07) is 19.2. The first-order valence-electron chi connectivity index (χ1n) is 9.84. The fourth-order valence-electron chi connectivity index (χ4n) is 3.69. The van der Waals surface area contributed by atoms with Gasteiger partial charge in [-0.15, -0.1) is 0 Å². The summed E-state index contributed by atoms with van der Waals surface area (Å²) in [4.78, 5) is 38.6. The average Bonchev–Trinajstić information content (AvgIpc) is 2.78. The highest BCUT2D eigenvalue weighted by Crippen LogP contribution is 2.25. The molecule has 0 unspecified atom stereocenters. The number of hydrogen-bond acceptors (Lipinski definition) is 3. The van der Waals surface area contributed by atoms with E-state index in [4.69, 9.17) is 11.6 Å². The van der Waals surface area contributed by atoms with Gasteiger partial charge in [0.05, 0.1) is 11.2 Å². The molecule has 1 heterocycles. The number of rotatable bonds is 5. The molecule has 0 radical (unpaired) electrons. The van der Waals surface area contributed by atoms with Gasteiger partial charge in [-0.25, -0.2) is 4.39 Å². The Hall–Kier alpha value is -3.77. The Morgan fingerprint density at radius 2 is 1.75 bits per heavy atom. The van der Waals surface area contributed by atoms with E-state index in [-0.39, 0.29) is 34.6 Å². The normalized spacial score (nSPS) is 10.8. The molecule has 3 aromatic carbocycles. The first-order valence-corrected chi connectivity index (χ1v) is 10.2. The van der Waals surface area contributed by atoms with Crippen LogP contribution in [0.3, 0.4) is 0 Å². The third-order valence-corrected chi connectivity index (χ3v) is 5.32. The lowest BCUT2D eigenvalue weighted by Gasteiger charge is -2.19. The van der Waals surface area contributed by atoms with Gasteiger partial charge in [-0.1, -0.05) is 35.9 Å². The molecule has 5 nitrogen and oxygen atoms in total. The van der Waals surface area contributed by atoms with Gasteiger partial charge < -0.3 is 9.88 Å². The summed E-state index contributed by atoms with van der Waals surface area (Å²) in [7, 11) is 0. The molecule has 4 rings (SSSR count). The summed E-state index contributed by atoms with van der Waals surface area (Å²) in [6.07, 6.45) is 0. The van der Waals surface area contributed by atoms with E-state index in [0.717, 1.165) is 6.07 Å². The fraction of sp³-hybridized carbons (Fsp3) is 0.0800. The second-order valence-corrected chi connectivity index (χ2v) is 7.67. The molecule has 7 heteroatoms. The molecule has 0 spiro atoms. The van der Waals surface area contributed by atoms with Crippen LogP contribution in [0.25, 0.3) is 16.6 Å². The van der Waals surface area contributed by atoms with E-state index in [2.05, 4.69) is 5.32 Å². The number of amides is 1. The molecule has 0 saturated heterocycles. The molecular weight excluding hydrogens is 431 g/mol. The zero-order valence-corrected chi connectivity index (χ0v) is 17.8. The molecule has 0 bridgehead atoms. The van der Waals surface area contributed by atoms with Crippen LogP contribution >= 0.6 is 11.6 Å². The van der Waals surface area contributed by atoms with Gasteiger partial charge in [-0.2, -0.15) is 0 Å². The molecule has 0 atom stereocenters. The van der Waals surface area contributed by atoms with E-state index in [1.165, 1.54) is 25.1 Å². The second-order valence-electron chi connectivity index (χ2n) is 7.24. The molecule has 160 valence electrons. The zero-order chi connectivity index (χ0) is 22.8. The molecule has 0 aliphatic rings. The Morgan fingerprint density at radius 1 is 1.00 bits per heavy atom. The summed E-state index contributed by atoms with van der Waals surface area (Å²) < 4.78 is 15.2. The zero-order valence-electron chi connectivity index (χ0n) is 17.1. The molecule has 0 aliphatic heterocycles. The lowest BCUT2D eigenvalue weighted by Crippen LogP contribution is -2.30. The number of Topliss-reactive ketones (excluding diaryl/α,β-unsaturated/α-hetero) is 1. The number of fused-ring (bicyclic) bond motifs is 1. The Bertz CT molecular complexity index is 1410. The van der Waals surface area contributed by atoms with E-state index in [1.54, 1.807) is 22.8 Å². The number of benzene rings is 3. The van der Waals surface area contributed by atoms with Crippen LogP contribution in [0.5, 0.6) is 0 Å². The van der Waals surface area contributed by atoms with Crippen molar-refractivity contribution in [3.05, 3.63) is 111 Å². The van der Waals surface area contributed by atoms with Crippen LogP contribution in [0.2, 0.25) is 5.02 Å². The van der Waals surface area contributed by atoms with Gasteiger partial charge in [-0.05, 0) is 48.5 Å². The van der Waals surface area contributed by atoms with Gasteiger partial charge in [0.15, 0.2) is 11.2 Å². The number of carbonyl (C=O) groups is 2. The Morgan fingerprint density at radius 3 is 2.44 bits per heavy atom. The third kappa shape index (κ3) is 4.05. The topological polar surface area (TPSA) is 68.2 Å². The van der Waals surface area contributed by atoms with Gasteiger partial charge >= 0.3 is 0 Å². The largest absolute Gasteiger partial charge is 0.348 e. The number of para-hydroxylation sites is 1. The lowest BCUT2D eigenvalue weighted by atomic mass is 10.0. The van der Waals surface area contributed by atoms with E-state index < -0.39 is 11.7 Å². The molecular formula is C25H18ClFN2O3. The Labute approximate surface area is 188 Å². The van der Waals surface area contributed by atoms with Crippen molar-refractivity contribution in [3.63, 3.8) is 0 Å². The summed E-state index contributed by atoms with van der Waals surface area (Å²) in [5.41, 5.74) is 1.18. The summed E-state index contributed by atoms with van der Waals surface area (Å²) in [6.45, 7) is 1.16. The SMILES string of the molecule is CC(=O)c1c(CNC(=O)c2cccc(F)c2)c(=O)c2ccc(Cl)cc2n1-c1ccccc1. The maximum Gasteiger partial charge on any atom is 0.251 e. The fourth-order valence-corrected chi connectivity index (χ4v) is 3.85. The van der Waals surface area contributed by atoms with Crippen molar-refractivity contribution in [3.8, 4) is 5.69 Å². The second kappa shape index (κ2) is 8.77. The van der Waals surface area contributed by atoms with Crippen molar-refractivity contribution < 1.29 is 14.0 Å². The molecule has 1 amide bonds. The molecule has 0 fully saturated rings. The summed E-state index contributed by atoms with van der Waals surface area (Å²) in [5.74, 6) is -1.44. The van der Waals surface area contributed by atoms with E-state index in [1.807, 2.05) is 30.3 Å². The smallest absolute Gasteiger partial charge is 0.251 e. The first-order chi connectivity index (χ1) is 15.4. The minimum atomic E-state index is -0.555. The van der Waals surface area contributed by atoms with Crippen LogP contribution < -0.4 is 10.7 Å². The molecule has 4 aromatic rings. The number of carbonyl (C=O) groups excluding carboxylic acids is 2.